The molecule has 2 aromatic heterocycles. The number of carbonyl (C=O) groups excluding carboxylic acids is 3. The Morgan fingerprint density at radius 3 is 2.70 bits per heavy atom. The van der Waals surface area contributed by atoms with Gasteiger partial charge in [-0.25, -0.2) is 9.78 Å². The summed E-state index contributed by atoms with van der Waals surface area (Å²) in [7, 11) is 0. The molecule has 1 fully saturated rings. The van der Waals surface area contributed by atoms with Gasteiger partial charge in [0.15, 0.2) is 17.5 Å². The molecule has 2 aliphatic heterocycles. The minimum absolute atomic E-state index is 0.0607. The van der Waals surface area contributed by atoms with Crippen LogP contribution in [-0.2, 0) is 25.7 Å². The van der Waals surface area contributed by atoms with Crippen molar-refractivity contribution in [3.63, 3.8) is 0 Å². The summed E-state index contributed by atoms with van der Waals surface area (Å²) in [4.78, 5) is 65.6. The largest absolute Gasteiger partial charge is 0.477 e. The summed E-state index contributed by atoms with van der Waals surface area (Å²) in [6, 6.07) is 1.08. The van der Waals surface area contributed by atoms with Crippen LogP contribution in [0.5, 0.6) is 0 Å². The van der Waals surface area contributed by atoms with E-state index in [1.807, 2.05) is 0 Å². The summed E-state index contributed by atoms with van der Waals surface area (Å²) < 4.78 is 1.63. The standard InChI is InChI=1S/C21H19N7O6S3/c22-13(29)7-27-4-1-11(2-5-27)35-6-3-10-8-36-19-15(18(31)28(19)16(10)20(32)33)25-17(30)14(26-34)12-9-37-21(23)24-12/h1-6,9,14-15,19H,7-8H2,(H5-,22,23,24,25,29,30,32,33)/p+1/t14?,15-,19-/m1/s1. The van der Waals surface area contributed by atoms with Gasteiger partial charge in [0.25, 0.3) is 17.7 Å². The average molecular weight is 563 g/mol. The number of carboxylic acid groups (broad SMARTS) is 1. The number of nitrogens with zero attached hydrogens (tertiary/aromatic N) is 4. The highest BCUT2D eigenvalue weighted by atomic mass is 32.2. The van der Waals surface area contributed by atoms with E-state index in [1.165, 1.54) is 28.9 Å². The number of β-lactam (4-membered cyclic amide) rings is 1. The third-order valence-electron chi connectivity index (χ3n) is 5.34. The number of nitrogens with one attached hydrogen (secondary N) is 1. The zero-order valence-corrected chi connectivity index (χ0v) is 21.3. The molecule has 16 heteroatoms. The van der Waals surface area contributed by atoms with Gasteiger partial charge in [0.2, 0.25) is 12.6 Å². The number of carboxylic acids is 1. The van der Waals surface area contributed by atoms with Gasteiger partial charge < -0.3 is 21.9 Å². The molecule has 0 bridgehead atoms. The van der Waals surface area contributed by atoms with Crippen molar-refractivity contribution in [3.8, 4) is 0 Å². The highest BCUT2D eigenvalue weighted by molar-refractivity contribution is 8.02. The molecular formula is C21H20N7O6S3+. The molecule has 37 heavy (non-hydrogen) atoms. The first kappa shape index (κ1) is 26.3. The average Bonchev–Trinajstić information content (AvgIpc) is 3.28. The molecule has 3 amide bonds. The molecule has 0 aromatic carbocycles. The Labute approximate surface area is 222 Å². The maximum absolute atomic E-state index is 12.8. The fraction of sp³-hybridized carbons (Fsp3) is 0.238. The Morgan fingerprint density at radius 2 is 2.11 bits per heavy atom. The Morgan fingerprint density at radius 1 is 1.38 bits per heavy atom. The Bertz CT molecular complexity index is 1330. The van der Waals surface area contributed by atoms with Crippen molar-refractivity contribution in [3.05, 3.63) is 63.3 Å². The molecule has 0 spiro atoms. The highest BCUT2D eigenvalue weighted by Crippen LogP contribution is 2.41. The monoisotopic (exact) mass is 562 g/mol. The van der Waals surface area contributed by atoms with Crippen molar-refractivity contribution in [1.82, 2.24) is 15.2 Å². The number of pyridine rings is 1. The van der Waals surface area contributed by atoms with Crippen molar-refractivity contribution in [2.75, 3.05) is 11.5 Å². The number of nitrogen functional groups attached to an aromatic ring is 1. The topological polar surface area (TPSA) is 202 Å². The number of hydrogen-bond acceptors (Lipinski definition) is 11. The van der Waals surface area contributed by atoms with Crippen molar-refractivity contribution >= 4 is 63.7 Å². The lowest BCUT2D eigenvalue weighted by Crippen LogP contribution is -2.70. The van der Waals surface area contributed by atoms with Gasteiger partial charge in [0.1, 0.15) is 17.1 Å². The summed E-state index contributed by atoms with van der Waals surface area (Å²) in [5.41, 5.74) is 11.1. The second kappa shape index (κ2) is 11.1. The van der Waals surface area contributed by atoms with Crippen LogP contribution in [-0.4, -0.2) is 55.8 Å². The van der Waals surface area contributed by atoms with E-state index < -0.39 is 41.1 Å². The van der Waals surface area contributed by atoms with Crippen LogP contribution in [0, 0.1) is 4.91 Å². The number of primary amides is 1. The molecule has 1 saturated heterocycles. The van der Waals surface area contributed by atoms with E-state index in [1.54, 1.807) is 40.6 Å². The smallest absolute Gasteiger partial charge is 0.352 e. The van der Waals surface area contributed by atoms with Crippen LogP contribution in [0.1, 0.15) is 11.7 Å². The van der Waals surface area contributed by atoms with Gasteiger partial charge in [-0.15, -0.1) is 28.0 Å². The molecule has 6 N–H and O–H groups in total. The molecular weight excluding hydrogens is 542 g/mol. The number of nitrogens with two attached hydrogens (primary N) is 2. The molecule has 0 radical (unpaired) electrons. The number of nitroso groups, excluding NO2 is 1. The summed E-state index contributed by atoms with van der Waals surface area (Å²) in [6.45, 7) is 0.0607. The molecule has 2 aromatic rings. The first-order chi connectivity index (χ1) is 17.7. The van der Waals surface area contributed by atoms with Crippen LogP contribution >= 0.6 is 34.9 Å². The Kier molecular flexibility index (Phi) is 7.89. The van der Waals surface area contributed by atoms with Gasteiger partial charge >= 0.3 is 5.97 Å². The van der Waals surface area contributed by atoms with E-state index in [-0.39, 0.29) is 28.8 Å². The molecule has 13 nitrogen and oxygen atoms in total. The molecule has 0 aliphatic carbocycles. The lowest BCUT2D eigenvalue weighted by Gasteiger charge is -2.49. The second-order valence-corrected chi connectivity index (χ2v) is 10.8. The number of thiazole rings is 1. The number of fused-ring (bicyclic) bond motifs is 1. The van der Waals surface area contributed by atoms with Gasteiger partial charge in [0.05, 0.1) is 5.69 Å². The Balaban J connectivity index is 1.43. The van der Waals surface area contributed by atoms with Crippen LogP contribution < -0.4 is 21.4 Å². The summed E-state index contributed by atoms with van der Waals surface area (Å²) in [5, 5.41) is 17.8. The van der Waals surface area contributed by atoms with Crippen LogP contribution in [0.3, 0.4) is 0 Å². The van der Waals surface area contributed by atoms with Crippen molar-refractivity contribution in [1.29, 1.82) is 0 Å². The molecule has 192 valence electrons. The molecule has 4 rings (SSSR count). The third kappa shape index (κ3) is 5.65. The molecule has 3 atom stereocenters. The number of aliphatic carboxylic acids is 1. The zero-order chi connectivity index (χ0) is 26.7. The van der Waals surface area contributed by atoms with Gasteiger partial charge in [-0.3, -0.25) is 19.3 Å². The van der Waals surface area contributed by atoms with Gasteiger partial charge in [0, 0.05) is 28.2 Å². The Hall–Kier alpha value is -3.76. The van der Waals surface area contributed by atoms with E-state index >= 15 is 0 Å². The molecule has 0 saturated carbocycles. The molecule has 1 unspecified atom stereocenters. The van der Waals surface area contributed by atoms with E-state index in [0.29, 0.717) is 5.57 Å². The van der Waals surface area contributed by atoms with Crippen LogP contribution in [0.2, 0.25) is 0 Å². The van der Waals surface area contributed by atoms with Gasteiger partial charge in [-0.2, -0.15) is 4.57 Å². The highest BCUT2D eigenvalue weighted by Gasteiger charge is 2.54. The number of rotatable bonds is 10. The van der Waals surface area contributed by atoms with Crippen molar-refractivity contribution in [2.45, 2.75) is 28.9 Å². The molecule has 2 aliphatic rings. The van der Waals surface area contributed by atoms with E-state index in [4.69, 9.17) is 11.5 Å². The number of anilines is 1. The zero-order valence-electron chi connectivity index (χ0n) is 18.8. The summed E-state index contributed by atoms with van der Waals surface area (Å²) in [6.07, 6.45) is 5.02. The summed E-state index contributed by atoms with van der Waals surface area (Å²) in [5.74, 6) is -2.87. The second-order valence-electron chi connectivity index (χ2n) is 7.79. The predicted molar refractivity (Wildman–Crippen MR) is 136 cm³/mol. The lowest BCUT2D eigenvalue weighted by molar-refractivity contribution is -0.684. The predicted octanol–water partition coefficient (Wildman–Crippen LogP) is 0.350. The number of amides is 3. The van der Waals surface area contributed by atoms with Gasteiger partial charge in [-0.1, -0.05) is 11.8 Å². The first-order valence-electron chi connectivity index (χ1n) is 10.5. The molecule has 4 heterocycles. The lowest BCUT2D eigenvalue weighted by atomic mass is 10.0. The number of thioether (sulfide) groups is 2. The van der Waals surface area contributed by atoms with Crippen LogP contribution in [0.4, 0.5) is 5.13 Å². The summed E-state index contributed by atoms with van der Waals surface area (Å²) >= 11 is 3.66. The SMILES string of the molecule is NC(=O)C[n+]1ccc(SC=CC2=C(C(=O)O)N3C(=O)[C@@H](NC(=O)C(N=O)c4csc(N)n4)[C@H]3SC2)cc1. The van der Waals surface area contributed by atoms with Crippen LogP contribution in [0.25, 0.3) is 0 Å². The maximum Gasteiger partial charge on any atom is 0.352 e. The minimum Gasteiger partial charge on any atom is -0.477 e. The fourth-order valence-electron chi connectivity index (χ4n) is 3.67. The van der Waals surface area contributed by atoms with Crippen molar-refractivity contribution in [2.24, 2.45) is 10.9 Å². The number of carbonyl (C=O) groups is 4. The number of aromatic nitrogens is 2. The minimum atomic E-state index is -1.47. The first-order valence-corrected chi connectivity index (χ1v) is 13.4. The quantitative estimate of drug-likeness (QED) is 0.135. The van der Waals surface area contributed by atoms with E-state index in [9.17, 15) is 29.2 Å². The maximum atomic E-state index is 12.8. The van der Waals surface area contributed by atoms with E-state index in [0.717, 1.165) is 21.1 Å². The fourth-order valence-corrected chi connectivity index (χ4v) is 6.24. The van der Waals surface area contributed by atoms with E-state index in [2.05, 4.69) is 15.5 Å². The van der Waals surface area contributed by atoms with Crippen LogP contribution in [0.15, 0.2) is 62.7 Å². The number of allylic oxidation sites excluding steroid dienone is 1. The third-order valence-corrected chi connectivity index (χ3v) is 8.15. The van der Waals surface area contributed by atoms with Crippen molar-refractivity contribution < 1.29 is 28.9 Å². The normalized spacial score (nSPS) is 19.8. The number of hydrogen-bond donors (Lipinski definition) is 4. The van der Waals surface area contributed by atoms with Gasteiger partial charge in [-0.05, 0) is 22.2 Å².